The second-order valence-corrected chi connectivity index (χ2v) is 10.3. The molecule has 0 bridgehead atoms. The summed E-state index contributed by atoms with van der Waals surface area (Å²) in [7, 11) is -2.22. The maximum Gasteiger partial charge on any atom is 0.341 e. The van der Waals surface area contributed by atoms with Crippen LogP contribution in [0, 0.1) is 5.92 Å². The molecule has 8 nitrogen and oxygen atoms in total. The summed E-state index contributed by atoms with van der Waals surface area (Å²) in [6, 6.07) is 3.87. The van der Waals surface area contributed by atoms with E-state index in [1.54, 1.807) is 7.11 Å². The first-order valence-electron chi connectivity index (χ1n) is 9.85. The SMILES string of the molecule is COCCCOc1cc2c(cc1Cl)-c1c(cc(C(=O)O)c(=O)n1[C@@H]1C[C@H]1C)CS2(=O)=O. The molecule has 1 saturated carbocycles. The summed E-state index contributed by atoms with van der Waals surface area (Å²) in [5.74, 6) is -1.36. The molecule has 0 saturated heterocycles. The second kappa shape index (κ2) is 7.96. The number of methoxy groups -OCH3 is 1. The Morgan fingerprint density at radius 1 is 1.29 bits per heavy atom. The number of halogens is 1. The first-order chi connectivity index (χ1) is 14.7. The molecule has 1 aromatic carbocycles. The van der Waals surface area contributed by atoms with Gasteiger partial charge >= 0.3 is 5.97 Å². The molecule has 2 atom stereocenters. The molecule has 1 N–H and O–H groups in total. The van der Waals surface area contributed by atoms with Crippen LogP contribution in [0.1, 0.15) is 41.7 Å². The predicted octanol–water partition coefficient (Wildman–Crippen LogP) is 3.15. The van der Waals surface area contributed by atoms with Crippen LogP contribution in [0.25, 0.3) is 11.3 Å². The number of nitrogens with zero attached hydrogens (tertiary/aromatic N) is 1. The van der Waals surface area contributed by atoms with Crippen molar-refractivity contribution >= 4 is 27.4 Å². The van der Waals surface area contributed by atoms with Crippen LogP contribution in [-0.4, -0.2) is 44.4 Å². The number of pyridine rings is 1. The number of ether oxygens (including phenoxy) is 2. The highest BCUT2D eigenvalue weighted by Crippen LogP contribution is 2.48. The zero-order valence-corrected chi connectivity index (χ0v) is 18.6. The lowest BCUT2D eigenvalue weighted by molar-refractivity contribution is 0.0694. The quantitative estimate of drug-likeness (QED) is 0.622. The molecule has 2 aliphatic rings. The largest absolute Gasteiger partial charge is 0.492 e. The predicted molar refractivity (Wildman–Crippen MR) is 114 cm³/mol. The van der Waals surface area contributed by atoms with Crippen molar-refractivity contribution in [2.45, 2.75) is 36.5 Å². The molecule has 2 aromatic rings. The van der Waals surface area contributed by atoms with Gasteiger partial charge < -0.3 is 19.1 Å². The lowest BCUT2D eigenvalue weighted by Gasteiger charge is -2.25. The van der Waals surface area contributed by atoms with E-state index in [1.807, 2.05) is 6.92 Å². The van der Waals surface area contributed by atoms with Gasteiger partial charge in [-0.25, -0.2) is 13.2 Å². The van der Waals surface area contributed by atoms with Gasteiger partial charge in [0.1, 0.15) is 11.3 Å². The topological polar surface area (TPSA) is 112 Å². The van der Waals surface area contributed by atoms with Gasteiger partial charge in [0.05, 0.1) is 28.0 Å². The molecule has 1 aromatic heterocycles. The average molecular weight is 468 g/mol. The molecule has 1 aliphatic heterocycles. The smallest absolute Gasteiger partial charge is 0.341 e. The third-order valence-corrected chi connectivity index (χ3v) is 7.66. The molecule has 0 unspecified atom stereocenters. The molecule has 0 amide bonds. The first-order valence-corrected chi connectivity index (χ1v) is 11.9. The van der Waals surface area contributed by atoms with E-state index in [0.29, 0.717) is 37.3 Å². The lowest BCUT2D eigenvalue weighted by Crippen LogP contribution is -2.31. The van der Waals surface area contributed by atoms with Gasteiger partial charge in [0.2, 0.25) is 0 Å². The Balaban J connectivity index is 1.91. The molecule has 166 valence electrons. The summed E-state index contributed by atoms with van der Waals surface area (Å²) in [4.78, 5) is 24.6. The maximum atomic E-state index is 13.0. The minimum atomic E-state index is -3.79. The van der Waals surface area contributed by atoms with Crippen LogP contribution >= 0.6 is 11.6 Å². The number of benzene rings is 1. The Hall–Kier alpha value is -2.36. The molecule has 0 radical (unpaired) electrons. The number of sulfone groups is 1. The normalized spacial score (nSPS) is 20.6. The van der Waals surface area contributed by atoms with E-state index in [-0.39, 0.29) is 33.2 Å². The molecule has 2 heterocycles. The minimum Gasteiger partial charge on any atom is -0.492 e. The first kappa shape index (κ1) is 21.9. The van der Waals surface area contributed by atoms with E-state index in [1.165, 1.54) is 22.8 Å². The van der Waals surface area contributed by atoms with Crippen molar-refractivity contribution in [2.24, 2.45) is 5.92 Å². The van der Waals surface area contributed by atoms with Crippen molar-refractivity contribution in [2.75, 3.05) is 20.3 Å². The number of carbonyl (C=O) groups is 1. The van der Waals surface area contributed by atoms with Crippen LogP contribution in [0.3, 0.4) is 0 Å². The summed E-state index contributed by atoms with van der Waals surface area (Å²) >= 11 is 6.40. The minimum absolute atomic E-state index is 0.0238. The van der Waals surface area contributed by atoms with Gasteiger partial charge in [-0.3, -0.25) is 4.79 Å². The number of aromatic nitrogens is 1. The van der Waals surface area contributed by atoms with Crippen molar-refractivity contribution in [1.29, 1.82) is 0 Å². The lowest BCUT2D eigenvalue weighted by atomic mass is 10.0. The van der Waals surface area contributed by atoms with Gasteiger partial charge in [0.15, 0.2) is 9.84 Å². The van der Waals surface area contributed by atoms with E-state index in [0.717, 1.165) is 0 Å². The molecular weight excluding hydrogens is 446 g/mol. The summed E-state index contributed by atoms with van der Waals surface area (Å²) < 4.78 is 38.2. The number of carboxylic acid groups (broad SMARTS) is 1. The molecule has 1 fully saturated rings. The van der Waals surface area contributed by atoms with Gasteiger partial charge in [-0.2, -0.15) is 0 Å². The Bertz CT molecular complexity index is 1240. The van der Waals surface area contributed by atoms with E-state index in [2.05, 4.69) is 0 Å². The number of rotatable bonds is 7. The number of carboxylic acids is 1. The molecular formula is C21H22ClNO7S. The zero-order valence-electron chi connectivity index (χ0n) is 17.1. The van der Waals surface area contributed by atoms with E-state index in [9.17, 15) is 23.1 Å². The zero-order chi connectivity index (χ0) is 22.5. The average Bonchev–Trinajstić information content (AvgIpc) is 3.41. The van der Waals surface area contributed by atoms with E-state index >= 15 is 0 Å². The third-order valence-electron chi connectivity index (χ3n) is 5.66. The molecule has 4 rings (SSSR count). The maximum absolute atomic E-state index is 13.0. The highest BCUT2D eigenvalue weighted by atomic mass is 35.5. The fourth-order valence-corrected chi connectivity index (χ4v) is 5.77. The Morgan fingerprint density at radius 3 is 2.61 bits per heavy atom. The highest BCUT2D eigenvalue weighted by molar-refractivity contribution is 7.90. The van der Waals surface area contributed by atoms with Crippen LogP contribution in [0.2, 0.25) is 5.02 Å². The fourth-order valence-electron chi connectivity index (χ4n) is 3.99. The summed E-state index contributed by atoms with van der Waals surface area (Å²) in [5, 5.41) is 9.69. The number of hydrogen-bond acceptors (Lipinski definition) is 6. The highest BCUT2D eigenvalue weighted by Gasteiger charge is 2.41. The van der Waals surface area contributed by atoms with Crippen molar-refractivity contribution in [3.63, 3.8) is 0 Å². The van der Waals surface area contributed by atoms with E-state index in [4.69, 9.17) is 21.1 Å². The molecule has 10 heteroatoms. The Morgan fingerprint density at radius 2 is 2.00 bits per heavy atom. The summed E-state index contributed by atoms with van der Waals surface area (Å²) in [6.45, 7) is 2.75. The monoisotopic (exact) mass is 467 g/mol. The van der Waals surface area contributed by atoms with Crippen molar-refractivity contribution in [3.8, 4) is 17.0 Å². The standard InChI is InChI=1S/C21H22ClNO7S/c1-11-6-16(11)23-19-12(7-14(20(23)24)21(25)26)10-31(27,28)18-9-17(15(22)8-13(18)19)30-5-3-4-29-2/h7-9,11,16H,3-6,10H2,1-2H3,(H,25,26)/t11-,16-/m1/s1. The van der Waals surface area contributed by atoms with Gasteiger partial charge in [-0.15, -0.1) is 0 Å². The van der Waals surface area contributed by atoms with Crippen LogP contribution in [0.15, 0.2) is 27.9 Å². The van der Waals surface area contributed by atoms with Gasteiger partial charge in [0.25, 0.3) is 5.56 Å². The van der Waals surface area contributed by atoms with Crippen molar-refractivity contribution < 1.29 is 27.8 Å². The second-order valence-electron chi connectivity index (χ2n) is 7.93. The van der Waals surface area contributed by atoms with Crippen molar-refractivity contribution in [3.05, 3.63) is 44.7 Å². The summed E-state index contributed by atoms with van der Waals surface area (Å²) in [6.07, 6.45) is 1.32. The van der Waals surface area contributed by atoms with Crippen LogP contribution in [0.5, 0.6) is 5.75 Å². The molecule has 0 spiro atoms. The third kappa shape index (κ3) is 3.86. The molecule has 1 aliphatic carbocycles. The number of hydrogen-bond donors (Lipinski definition) is 1. The van der Waals surface area contributed by atoms with Crippen LogP contribution < -0.4 is 10.3 Å². The van der Waals surface area contributed by atoms with Gasteiger partial charge in [0, 0.05) is 37.8 Å². The summed E-state index contributed by atoms with van der Waals surface area (Å²) in [5.41, 5.74) is -0.0679. The Labute approximate surface area is 184 Å². The number of aromatic carboxylic acids is 1. The Kier molecular flexibility index (Phi) is 5.61. The van der Waals surface area contributed by atoms with E-state index < -0.39 is 32.7 Å². The van der Waals surface area contributed by atoms with Crippen LogP contribution in [-0.2, 0) is 20.3 Å². The van der Waals surface area contributed by atoms with Crippen molar-refractivity contribution in [1.82, 2.24) is 4.57 Å². The van der Waals surface area contributed by atoms with Gasteiger partial charge in [-0.05, 0) is 30.0 Å². The van der Waals surface area contributed by atoms with Gasteiger partial charge in [-0.1, -0.05) is 18.5 Å². The van der Waals surface area contributed by atoms with Crippen LogP contribution in [0.4, 0.5) is 0 Å². The fraction of sp³-hybridized carbons (Fsp3) is 0.429. The number of fused-ring (bicyclic) bond motifs is 3. The molecule has 31 heavy (non-hydrogen) atoms.